The predicted octanol–water partition coefficient (Wildman–Crippen LogP) is 0.846. The molecule has 0 aliphatic carbocycles. The Morgan fingerprint density at radius 1 is 1.08 bits per heavy atom. The molecule has 1 aliphatic heterocycles. The second-order valence-electron chi connectivity index (χ2n) is 2.64. The van der Waals surface area contributed by atoms with E-state index in [1.54, 1.807) is 0 Å². The molecule has 66 valence electrons. The molecule has 4 heteroatoms. The summed E-state index contributed by atoms with van der Waals surface area (Å²) in [6.07, 6.45) is 0. The average molecular weight is 186 g/mol. The maximum atomic E-state index is 9.86. The van der Waals surface area contributed by atoms with Crippen molar-refractivity contribution in [3.63, 3.8) is 0 Å². The standard InChI is InChI=1S/C8H11O3P/c9-12(10-6-7-11-12)8-4-2-1-3-5-8/h1-5,9,12H,6-7H2. The van der Waals surface area contributed by atoms with Crippen molar-refractivity contribution in [1.82, 2.24) is 0 Å². The summed E-state index contributed by atoms with van der Waals surface area (Å²) in [4.78, 5) is 9.86. The third-order valence-corrected chi connectivity index (χ3v) is 4.07. The van der Waals surface area contributed by atoms with Gasteiger partial charge in [0.2, 0.25) is 0 Å². The molecule has 1 N–H and O–H groups in total. The summed E-state index contributed by atoms with van der Waals surface area (Å²) in [6, 6.07) is 9.29. The van der Waals surface area contributed by atoms with Crippen LogP contribution in [0.3, 0.4) is 0 Å². The van der Waals surface area contributed by atoms with Gasteiger partial charge in [-0.15, -0.1) is 0 Å². The number of benzene rings is 1. The van der Waals surface area contributed by atoms with Crippen molar-refractivity contribution in [2.24, 2.45) is 0 Å². The van der Waals surface area contributed by atoms with Crippen LogP contribution in [-0.4, -0.2) is 18.1 Å². The maximum absolute atomic E-state index is 9.86. The van der Waals surface area contributed by atoms with Crippen molar-refractivity contribution >= 4 is 13.2 Å². The molecule has 3 nitrogen and oxygen atoms in total. The average Bonchev–Trinajstić information content (AvgIpc) is 2.55. The van der Waals surface area contributed by atoms with Crippen LogP contribution >= 0.6 is 7.94 Å². The van der Waals surface area contributed by atoms with Crippen LogP contribution in [0.1, 0.15) is 0 Å². The summed E-state index contributed by atoms with van der Waals surface area (Å²) in [5.74, 6) is 0. The molecule has 1 heterocycles. The molecule has 0 bridgehead atoms. The van der Waals surface area contributed by atoms with Gasteiger partial charge in [-0.3, -0.25) is 0 Å². The summed E-state index contributed by atoms with van der Waals surface area (Å²) < 4.78 is 10.4. The Kier molecular flexibility index (Phi) is 2.11. The van der Waals surface area contributed by atoms with Gasteiger partial charge < -0.3 is 0 Å². The third-order valence-electron chi connectivity index (χ3n) is 1.82. The third kappa shape index (κ3) is 1.37. The minimum absolute atomic E-state index is 0.498. The van der Waals surface area contributed by atoms with Crippen LogP contribution < -0.4 is 5.30 Å². The zero-order chi connectivity index (χ0) is 8.44. The van der Waals surface area contributed by atoms with Gasteiger partial charge in [0.15, 0.2) is 0 Å². The molecule has 0 unspecified atom stereocenters. The quantitative estimate of drug-likeness (QED) is 0.660. The molecule has 1 aliphatic rings. The van der Waals surface area contributed by atoms with E-state index in [-0.39, 0.29) is 0 Å². The van der Waals surface area contributed by atoms with Crippen molar-refractivity contribution in [3.8, 4) is 0 Å². The molecular formula is C8H11O3P. The molecule has 1 aromatic carbocycles. The fraction of sp³-hybridized carbons (Fsp3) is 0.250. The van der Waals surface area contributed by atoms with E-state index in [0.717, 1.165) is 5.30 Å². The Balaban J connectivity index is 2.29. The van der Waals surface area contributed by atoms with E-state index >= 15 is 0 Å². The molecule has 0 saturated carbocycles. The van der Waals surface area contributed by atoms with Crippen molar-refractivity contribution in [1.29, 1.82) is 0 Å². The molecule has 0 aromatic heterocycles. The number of hydrogen-bond acceptors (Lipinski definition) is 3. The summed E-state index contributed by atoms with van der Waals surface area (Å²) in [6.45, 7) is 0.995. The predicted molar refractivity (Wildman–Crippen MR) is 48.5 cm³/mol. The zero-order valence-corrected chi connectivity index (χ0v) is 7.56. The normalized spacial score (nSPS) is 23.8. The topological polar surface area (TPSA) is 38.7 Å². The Labute approximate surface area is 71.5 Å². The van der Waals surface area contributed by atoms with Gasteiger partial charge in [0, 0.05) is 0 Å². The Morgan fingerprint density at radius 2 is 1.67 bits per heavy atom. The van der Waals surface area contributed by atoms with Crippen LogP contribution in [0.25, 0.3) is 0 Å². The van der Waals surface area contributed by atoms with E-state index in [1.807, 2.05) is 30.3 Å². The van der Waals surface area contributed by atoms with Crippen molar-refractivity contribution in [3.05, 3.63) is 30.3 Å². The van der Waals surface area contributed by atoms with Crippen LogP contribution in [0, 0.1) is 0 Å². The first-order valence-corrected chi connectivity index (χ1v) is 5.63. The molecule has 0 spiro atoms. The van der Waals surface area contributed by atoms with E-state index in [0.29, 0.717) is 13.2 Å². The van der Waals surface area contributed by atoms with Crippen LogP contribution in [0.2, 0.25) is 0 Å². The molecular weight excluding hydrogens is 175 g/mol. The van der Waals surface area contributed by atoms with Crippen LogP contribution in [0.5, 0.6) is 0 Å². The van der Waals surface area contributed by atoms with E-state index in [9.17, 15) is 4.89 Å². The molecule has 1 saturated heterocycles. The van der Waals surface area contributed by atoms with Crippen LogP contribution in [0.4, 0.5) is 0 Å². The molecule has 0 amide bonds. The van der Waals surface area contributed by atoms with E-state index in [4.69, 9.17) is 9.05 Å². The van der Waals surface area contributed by atoms with E-state index < -0.39 is 7.94 Å². The van der Waals surface area contributed by atoms with Gasteiger partial charge in [-0.25, -0.2) is 0 Å². The first-order valence-electron chi connectivity index (χ1n) is 3.87. The molecule has 12 heavy (non-hydrogen) atoms. The first-order chi connectivity index (χ1) is 5.81. The summed E-state index contributed by atoms with van der Waals surface area (Å²) in [5.41, 5.74) is 0. The van der Waals surface area contributed by atoms with Crippen molar-refractivity contribution in [2.75, 3.05) is 13.2 Å². The van der Waals surface area contributed by atoms with Gasteiger partial charge in [-0.1, -0.05) is 0 Å². The van der Waals surface area contributed by atoms with Gasteiger partial charge in [0.05, 0.1) is 0 Å². The monoisotopic (exact) mass is 186 g/mol. The Morgan fingerprint density at radius 3 is 2.25 bits per heavy atom. The van der Waals surface area contributed by atoms with E-state index in [2.05, 4.69) is 0 Å². The summed E-state index contributed by atoms with van der Waals surface area (Å²) in [7, 11) is -2.96. The second-order valence-corrected chi connectivity index (χ2v) is 4.96. The Bertz CT molecular complexity index is 256. The zero-order valence-electron chi connectivity index (χ0n) is 6.56. The van der Waals surface area contributed by atoms with Crippen molar-refractivity contribution in [2.45, 2.75) is 0 Å². The van der Waals surface area contributed by atoms with Gasteiger partial charge >= 0.3 is 70.7 Å². The van der Waals surface area contributed by atoms with Crippen molar-refractivity contribution < 1.29 is 13.9 Å². The van der Waals surface area contributed by atoms with Gasteiger partial charge in [0.25, 0.3) is 0 Å². The molecule has 0 atom stereocenters. The molecule has 2 rings (SSSR count). The van der Waals surface area contributed by atoms with Gasteiger partial charge in [0.1, 0.15) is 0 Å². The van der Waals surface area contributed by atoms with Crippen LogP contribution in [0.15, 0.2) is 30.3 Å². The van der Waals surface area contributed by atoms with E-state index in [1.165, 1.54) is 0 Å². The summed E-state index contributed by atoms with van der Waals surface area (Å²) in [5, 5.41) is 0.780. The van der Waals surface area contributed by atoms with Crippen LogP contribution in [-0.2, 0) is 9.05 Å². The Hall–Kier alpha value is -0.470. The van der Waals surface area contributed by atoms with Gasteiger partial charge in [-0.2, -0.15) is 0 Å². The second kappa shape index (κ2) is 3.11. The molecule has 0 radical (unpaired) electrons. The number of hydrogen-bond donors (Lipinski definition) is 1. The van der Waals surface area contributed by atoms with Gasteiger partial charge in [-0.05, 0) is 0 Å². The molecule has 1 aromatic rings. The first kappa shape index (κ1) is 8.14. The SMILES string of the molecule is O[PH]1(c2ccccc2)OCCO1. The number of rotatable bonds is 1. The fourth-order valence-electron chi connectivity index (χ4n) is 1.22. The fourth-order valence-corrected chi connectivity index (χ4v) is 2.97. The summed E-state index contributed by atoms with van der Waals surface area (Å²) >= 11 is 0. The molecule has 1 fully saturated rings. The minimum atomic E-state index is -2.96.